The molecule has 1 N–H and O–H groups in total. The Labute approximate surface area is 153 Å². The fraction of sp³-hybridized carbons (Fsp3) is 0.176. The third-order valence-corrected chi connectivity index (χ3v) is 5.02. The molecule has 0 saturated heterocycles. The van der Waals surface area contributed by atoms with Gasteiger partial charge in [0.1, 0.15) is 5.75 Å². The topological polar surface area (TPSA) is 65.0 Å². The van der Waals surface area contributed by atoms with Crippen LogP contribution in [0.3, 0.4) is 0 Å². The molecule has 0 aliphatic heterocycles. The van der Waals surface area contributed by atoms with Crippen molar-refractivity contribution in [2.45, 2.75) is 0 Å². The maximum Gasteiger partial charge on any atom is 0.203 e. The van der Waals surface area contributed by atoms with Crippen molar-refractivity contribution < 1.29 is 14.2 Å². The SMILES string of the molecule is COc1cc(OC)c(OC)cc1/C=N\Nc1nc(-c2cccs2)cs1. The van der Waals surface area contributed by atoms with Crippen molar-refractivity contribution in [1.82, 2.24) is 4.98 Å². The van der Waals surface area contributed by atoms with Crippen LogP contribution in [0, 0.1) is 0 Å². The summed E-state index contributed by atoms with van der Waals surface area (Å²) in [6.07, 6.45) is 1.66. The van der Waals surface area contributed by atoms with E-state index in [1.54, 1.807) is 44.9 Å². The van der Waals surface area contributed by atoms with Gasteiger partial charge in [-0.2, -0.15) is 5.10 Å². The zero-order valence-electron chi connectivity index (χ0n) is 14.0. The number of ether oxygens (including phenoxy) is 3. The molecule has 3 aromatic rings. The molecule has 0 radical (unpaired) electrons. The molecular weight excluding hydrogens is 358 g/mol. The molecule has 8 heteroatoms. The Bertz CT molecular complexity index is 860. The summed E-state index contributed by atoms with van der Waals surface area (Å²) in [6.45, 7) is 0. The molecular formula is C17H17N3O3S2. The quantitative estimate of drug-likeness (QED) is 0.491. The highest BCUT2D eigenvalue weighted by molar-refractivity contribution is 7.15. The van der Waals surface area contributed by atoms with Gasteiger partial charge in [-0.1, -0.05) is 6.07 Å². The average Bonchev–Trinajstić information content (AvgIpc) is 3.32. The van der Waals surface area contributed by atoms with Gasteiger partial charge >= 0.3 is 0 Å². The number of benzene rings is 1. The number of hydrogen-bond acceptors (Lipinski definition) is 8. The third-order valence-electron chi connectivity index (χ3n) is 3.38. The molecule has 6 nitrogen and oxygen atoms in total. The van der Waals surface area contributed by atoms with E-state index in [0.717, 1.165) is 21.3 Å². The fourth-order valence-corrected chi connectivity index (χ4v) is 3.59. The minimum atomic E-state index is 0.602. The van der Waals surface area contributed by atoms with Crippen LogP contribution in [0.1, 0.15) is 5.56 Å². The number of hydrogen-bond donors (Lipinski definition) is 1. The number of thiazole rings is 1. The fourth-order valence-electron chi connectivity index (χ4n) is 2.17. The summed E-state index contributed by atoms with van der Waals surface area (Å²) in [6, 6.07) is 7.62. The van der Waals surface area contributed by atoms with Gasteiger partial charge in [0.2, 0.25) is 5.13 Å². The van der Waals surface area contributed by atoms with Crippen LogP contribution in [0.4, 0.5) is 5.13 Å². The number of rotatable bonds is 7. The Balaban J connectivity index is 1.76. The van der Waals surface area contributed by atoms with E-state index in [9.17, 15) is 0 Å². The summed E-state index contributed by atoms with van der Waals surface area (Å²) in [7, 11) is 4.77. The van der Waals surface area contributed by atoms with Crippen LogP contribution in [-0.4, -0.2) is 32.5 Å². The van der Waals surface area contributed by atoms with Crippen molar-refractivity contribution in [3.8, 4) is 27.8 Å². The van der Waals surface area contributed by atoms with Crippen LogP contribution in [-0.2, 0) is 0 Å². The molecule has 0 saturated carbocycles. The molecule has 2 aromatic heterocycles. The third kappa shape index (κ3) is 3.92. The van der Waals surface area contributed by atoms with Gasteiger partial charge in [-0.15, -0.1) is 22.7 Å². The van der Waals surface area contributed by atoms with E-state index in [0.29, 0.717) is 17.2 Å². The number of nitrogens with one attached hydrogen (secondary N) is 1. The molecule has 0 aliphatic rings. The second-order valence-corrected chi connectivity index (χ2v) is 6.64. The first-order valence-corrected chi connectivity index (χ1v) is 9.09. The van der Waals surface area contributed by atoms with Crippen molar-refractivity contribution in [3.63, 3.8) is 0 Å². The van der Waals surface area contributed by atoms with E-state index in [1.807, 2.05) is 29.0 Å². The van der Waals surface area contributed by atoms with Crippen LogP contribution >= 0.6 is 22.7 Å². The first-order chi connectivity index (χ1) is 12.2. The van der Waals surface area contributed by atoms with E-state index in [1.165, 1.54) is 11.3 Å². The number of anilines is 1. The highest BCUT2D eigenvalue weighted by atomic mass is 32.1. The summed E-state index contributed by atoms with van der Waals surface area (Å²) in [4.78, 5) is 5.65. The van der Waals surface area contributed by atoms with Gasteiger partial charge in [0.25, 0.3) is 0 Å². The summed E-state index contributed by atoms with van der Waals surface area (Å²) < 4.78 is 16.0. The molecule has 0 aliphatic carbocycles. The van der Waals surface area contributed by atoms with Crippen molar-refractivity contribution in [2.24, 2.45) is 5.10 Å². The highest BCUT2D eigenvalue weighted by Crippen LogP contribution is 2.34. The van der Waals surface area contributed by atoms with E-state index >= 15 is 0 Å². The molecule has 0 spiro atoms. The Kier molecular flexibility index (Phi) is 5.52. The van der Waals surface area contributed by atoms with Crippen LogP contribution in [0.5, 0.6) is 17.2 Å². The lowest BCUT2D eigenvalue weighted by atomic mass is 10.2. The van der Waals surface area contributed by atoms with Crippen molar-refractivity contribution >= 4 is 34.0 Å². The van der Waals surface area contributed by atoms with Crippen LogP contribution in [0.15, 0.2) is 40.1 Å². The van der Waals surface area contributed by atoms with Gasteiger partial charge in [0.05, 0.1) is 38.1 Å². The van der Waals surface area contributed by atoms with E-state index < -0.39 is 0 Å². The van der Waals surface area contributed by atoms with Gasteiger partial charge in [0.15, 0.2) is 11.5 Å². The Hall–Kier alpha value is -2.58. The van der Waals surface area contributed by atoms with Gasteiger partial charge in [0, 0.05) is 17.0 Å². The van der Waals surface area contributed by atoms with E-state index in [-0.39, 0.29) is 0 Å². The number of aromatic nitrogens is 1. The van der Waals surface area contributed by atoms with Gasteiger partial charge in [-0.05, 0) is 17.5 Å². The largest absolute Gasteiger partial charge is 0.496 e. The van der Waals surface area contributed by atoms with Crippen LogP contribution in [0.25, 0.3) is 10.6 Å². The molecule has 0 atom stereocenters. The summed E-state index contributed by atoms with van der Waals surface area (Å²) >= 11 is 3.16. The highest BCUT2D eigenvalue weighted by Gasteiger charge is 2.10. The number of thiophene rings is 1. The van der Waals surface area contributed by atoms with E-state index in [4.69, 9.17) is 14.2 Å². The molecule has 0 amide bonds. The minimum absolute atomic E-state index is 0.602. The molecule has 3 rings (SSSR count). The normalized spacial score (nSPS) is 10.8. The second kappa shape index (κ2) is 8.00. The molecule has 1 aromatic carbocycles. The van der Waals surface area contributed by atoms with Crippen LogP contribution < -0.4 is 19.6 Å². The van der Waals surface area contributed by atoms with Gasteiger partial charge < -0.3 is 14.2 Å². The monoisotopic (exact) mass is 375 g/mol. The standard InChI is InChI=1S/C17H17N3O3S2/c1-21-13-8-15(23-3)14(22-2)7-11(13)9-18-20-17-19-12(10-25-17)16-5-4-6-24-16/h4-10H,1-3H3,(H,19,20)/b18-9-. The lowest BCUT2D eigenvalue weighted by molar-refractivity contribution is 0.349. The Morgan fingerprint density at radius 1 is 1.04 bits per heavy atom. The lowest BCUT2D eigenvalue weighted by Gasteiger charge is -2.11. The lowest BCUT2D eigenvalue weighted by Crippen LogP contribution is -1.97. The molecule has 0 unspecified atom stereocenters. The second-order valence-electron chi connectivity index (χ2n) is 4.83. The minimum Gasteiger partial charge on any atom is -0.496 e. The number of hydrazone groups is 1. The number of methoxy groups -OCH3 is 3. The van der Waals surface area contributed by atoms with Gasteiger partial charge in [-0.25, -0.2) is 4.98 Å². The van der Waals surface area contributed by atoms with Gasteiger partial charge in [-0.3, -0.25) is 5.43 Å². The van der Waals surface area contributed by atoms with Crippen molar-refractivity contribution in [1.29, 1.82) is 0 Å². The first kappa shape index (κ1) is 17.2. The zero-order chi connectivity index (χ0) is 17.6. The van der Waals surface area contributed by atoms with Crippen LogP contribution in [0.2, 0.25) is 0 Å². The smallest absolute Gasteiger partial charge is 0.203 e. The number of nitrogens with zero attached hydrogens (tertiary/aromatic N) is 2. The predicted molar refractivity (Wildman–Crippen MR) is 103 cm³/mol. The molecule has 2 heterocycles. The van der Waals surface area contributed by atoms with E-state index in [2.05, 4.69) is 15.5 Å². The Morgan fingerprint density at radius 2 is 1.80 bits per heavy atom. The summed E-state index contributed by atoms with van der Waals surface area (Å²) in [5.41, 5.74) is 4.66. The summed E-state index contributed by atoms with van der Waals surface area (Å²) in [5.74, 6) is 1.85. The molecule has 130 valence electrons. The maximum atomic E-state index is 5.38. The predicted octanol–water partition coefficient (Wildman–Crippen LogP) is 4.34. The first-order valence-electron chi connectivity index (χ1n) is 7.33. The van der Waals surface area contributed by atoms with Crippen molar-refractivity contribution in [2.75, 3.05) is 26.8 Å². The Morgan fingerprint density at radius 3 is 2.48 bits per heavy atom. The molecule has 0 fully saturated rings. The zero-order valence-corrected chi connectivity index (χ0v) is 15.6. The molecule has 0 bridgehead atoms. The average molecular weight is 375 g/mol. The summed E-state index contributed by atoms with van der Waals surface area (Å²) in [5, 5.41) is 9.00. The van der Waals surface area contributed by atoms with Crippen molar-refractivity contribution in [3.05, 3.63) is 40.6 Å². The maximum absolute atomic E-state index is 5.38. The molecule has 25 heavy (non-hydrogen) atoms.